The molecule has 0 aromatic heterocycles. The number of rotatable bonds is 7. The van der Waals surface area contributed by atoms with E-state index in [-0.39, 0.29) is 34.2 Å². The molecule has 0 unspecified atom stereocenters. The largest absolute Gasteiger partial charge is 0.509 e. The molecule has 2 amide bonds. The lowest BCUT2D eigenvalue weighted by molar-refractivity contribution is -0.149. The van der Waals surface area contributed by atoms with Crippen molar-refractivity contribution in [3.8, 4) is 0 Å². The molecule has 6 rings (SSSR count). The van der Waals surface area contributed by atoms with E-state index < -0.39 is 16.5 Å². The molecule has 0 atom stereocenters. The molecule has 4 aliphatic rings. The molecule has 0 bridgehead atoms. The number of aliphatic hydroxyl groups excluding tert-OH is 1. The number of amides is 2. The van der Waals surface area contributed by atoms with Crippen LogP contribution in [0.15, 0.2) is 35.8 Å². The Balaban J connectivity index is 0.000000213. The van der Waals surface area contributed by atoms with Gasteiger partial charge in [0.05, 0.1) is 27.6 Å². The number of nitrogens with one attached hydrogen (secondary N) is 2. The molecule has 0 spiro atoms. The molecule has 3 N–H and O–H groups in total. The van der Waals surface area contributed by atoms with E-state index in [9.17, 15) is 24.3 Å². The number of benzene rings is 2. The Morgan fingerprint density at radius 3 is 1.44 bits per heavy atom. The number of carbonyl (C=O) groups excluding carboxylic acids is 4. The Labute approximate surface area is 333 Å². The molecule has 2 heterocycles. The Morgan fingerprint density at radius 2 is 1.11 bits per heavy atom. The highest BCUT2D eigenvalue weighted by molar-refractivity contribution is 6.64. The van der Waals surface area contributed by atoms with Crippen molar-refractivity contribution in [1.29, 1.82) is 0 Å². The normalized spacial score (nSPS) is 18.9. The second kappa shape index (κ2) is 15.9. The van der Waals surface area contributed by atoms with Crippen LogP contribution < -0.4 is 10.6 Å². The number of aryl methyl sites for hydroxylation is 4. The predicted molar refractivity (Wildman–Crippen MR) is 222 cm³/mol. The summed E-state index contributed by atoms with van der Waals surface area (Å²) < 4.78 is 5.83. The van der Waals surface area contributed by atoms with Gasteiger partial charge < -0.3 is 20.5 Å². The van der Waals surface area contributed by atoms with E-state index >= 15 is 0 Å². The molecule has 2 aliphatic heterocycles. The molecule has 0 saturated heterocycles. The van der Waals surface area contributed by atoms with E-state index in [1.807, 2.05) is 55.4 Å². The molecule has 0 radical (unpaired) electrons. The lowest BCUT2D eigenvalue weighted by atomic mass is 9.88. The smallest absolute Gasteiger partial charge is 0.316 e. The fourth-order valence-electron chi connectivity index (χ4n) is 6.89. The van der Waals surface area contributed by atoms with E-state index in [1.54, 1.807) is 20.8 Å². The minimum absolute atomic E-state index is 0.157. The van der Waals surface area contributed by atoms with Gasteiger partial charge in [-0.3, -0.25) is 19.2 Å². The second-order valence-electron chi connectivity index (χ2n) is 18.7. The first-order chi connectivity index (χ1) is 25.2. The third-order valence-electron chi connectivity index (χ3n) is 10.6. The molecule has 300 valence electrons. The van der Waals surface area contributed by atoms with Crippen molar-refractivity contribution >= 4 is 45.8 Å². The van der Waals surface area contributed by atoms with Crippen LogP contribution in [0.1, 0.15) is 165 Å². The van der Waals surface area contributed by atoms with Gasteiger partial charge in [0, 0.05) is 5.41 Å². The van der Waals surface area contributed by atoms with Crippen molar-refractivity contribution in [2.75, 3.05) is 0 Å². The number of aliphatic hydroxyl groups is 1. The van der Waals surface area contributed by atoms with Gasteiger partial charge in [0.15, 0.2) is 0 Å². The first-order valence-corrected chi connectivity index (χ1v) is 20.2. The summed E-state index contributed by atoms with van der Waals surface area (Å²) >= 11 is 5.11. The molecule has 2 aliphatic carbocycles. The minimum atomic E-state index is -0.722. The fourth-order valence-corrected chi connectivity index (χ4v) is 6.89. The highest BCUT2D eigenvalue weighted by atomic mass is 35.5. The van der Waals surface area contributed by atoms with Gasteiger partial charge in [0.1, 0.15) is 11.5 Å². The summed E-state index contributed by atoms with van der Waals surface area (Å²) in [7, 11) is 0. The molecule has 9 heteroatoms. The average Bonchev–Trinajstić information content (AvgIpc) is 3.98. The van der Waals surface area contributed by atoms with Crippen LogP contribution in [0.5, 0.6) is 0 Å². The molecule has 2 aromatic carbocycles. The summed E-state index contributed by atoms with van der Waals surface area (Å²) in [5.41, 5.74) is 7.59. The lowest BCUT2D eigenvalue weighted by Gasteiger charge is -2.25. The molecular weight excluding hydrogens is 712 g/mol. The summed E-state index contributed by atoms with van der Waals surface area (Å²) in [5.74, 6) is 1.27. The van der Waals surface area contributed by atoms with Crippen molar-refractivity contribution < 1.29 is 29.0 Å². The van der Waals surface area contributed by atoms with Crippen LogP contribution in [0.3, 0.4) is 0 Å². The lowest BCUT2D eigenvalue weighted by Crippen LogP contribution is -2.40. The summed E-state index contributed by atoms with van der Waals surface area (Å²) in [4.78, 5) is 48.1. The van der Waals surface area contributed by atoms with E-state index in [4.69, 9.17) is 16.3 Å². The number of esters is 1. The highest BCUT2D eigenvalue weighted by Gasteiger charge is 2.44. The predicted octanol–water partition coefficient (Wildman–Crippen LogP) is 10.1. The van der Waals surface area contributed by atoms with Gasteiger partial charge in [-0.25, -0.2) is 0 Å². The van der Waals surface area contributed by atoms with Crippen LogP contribution in [-0.2, 0) is 36.8 Å². The molecular formula is C46H63ClN2O6. The molecule has 2 aromatic rings. The number of halogens is 1. The van der Waals surface area contributed by atoms with Crippen molar-refractivity contribution in [3.05, 3.63) is 80.3 Å². The standard InChI is InChI=1S/C23H31NO3.C18H23NO2.C5H9ClO/c1-8-14-12-16(15-9-10-15)11-13(2)17(14)18-19(23(6,7)24-20(18)25)27-21(26)22(3,4)5;1-5-11-9-13(12-6-7-12)8-10(2)14(11)15-16(20)18(3,4)19-17(15)21;1-5(2,3)4(6)7/h11-12,15H,8-10H2,1-7H3,(H,24,25);8-9,12,20H,5-7H2,1-4H3,(H,19,21);1-3H3. The molecule has 2 fully saturated rings. The van der Waals surface area contributed by atoms with Crippen molar-refractivity contribution in [3.63, 3.8) is 0 Å². The summed E-state index contributed by atoms with van der Waals surface area (Å²) in [6.45, 7) is 26.5. The number of ether oxygens (including phenoxy) is 1. The number of carbonyl (C=O) groups is 4. The summed E-state index contributed by atoms with van der Waals surface area (Å²) in [5, 5.41) is 16.0. The van der Waals surface area contributed by atoms with Crippen LogP contribution in [0, 0.1) is 24.7 Å². The van der Waals surface area contributed by atoms with Gasteiger partial charge >= 0.3 is 5.97 Å². The maximum Gasteiger partial charge on any atom is 0.316 e. The maximum absolute atomic E-state index is 12.9. The highest BCUT2D eigenvalue weighted by Crippen LogP contribution is 2.45. The van der Waals surface area contributed by atoms with Crippen LogP contribution in [-0.4, -0.2) is 39.2 Å². The molecule has 2 saturated carbocycles. The van der Waals surface area contributed by atoms with Gasteiger partial charge in [0.2, 0.25) is 5.24 Å². The molecule has 8 nitrogen and oxygen atoms in total. The maximum atomic E-state index is 12.9. The van der Waals surface area contributed by atoms with Crippen molar-refractivity contribution in [2.45, 2.75) is 158 Å². The van der Waals surface area contributed by atoms with E-state index in [2.05, 4.69) is 55.7 Å². The second-order valence-corrected chi connectivity index (χ2v) is 19.1. The fraction of sp³-hybridized carbons (Fsp3) is 0.565. The molecule has 55 heavy (non-hydrogen) atoms. The monoisotopic (exact) mass is 774 g/mol. The zero-order valence-electron chi connectivity index (χ0n) is 35.6. The van der Waals surface area contributed by atoms with Crippen LogP contribution in [0.4, 0.5) is 0 Å². The summed E-state index contributed by atoms with van der Waals surface area (Å²) in [6.07, 6.45) is 6.71. The number of hydrogen-bond donors (Lipinski definition) is 3. The Kier molecular flexibility index (Phi) is 12.7. The van der Waals surface area contributed by atoms with Crippen molar-refractivity contribution in [1.82, 2.24) is 10.6 Å². The van der Waals surface area contributed by atoms with Crippen LogP contribution >= 0.6 is 11.6 Å². The van der Waals surface area contributed by atoms with Gasteiger partial charge in [-0.1, -0.05) is 58.9 Å². The topological polar surface area (TPSA) is 122 Å². The van der Waals surface area contributed by atoms with Crippen LogP contribution in [0.2, 0.25) is 0 Å². The zero-order valence-corrected chi connectivity index (χ0v) is 36.3. The number of hydrogen-bond acceptors (Lipinski definition) is 6. The quantitative estimate of drug-likeness (QED) is 0.190. The van der Waals surface area contributed by atoms with E-state index in [0.717, 1.165) is 46.2 Å². The third-order valence-corrected chi connectivity index (χ3v) is 11.1. The Bertz CT molecular complexity index is 1940. The average molecular weight is 775 g/mol. The van der Waals surface area contributed by atoms with E-state index in [1.165, 1.54) is 36.8 Å². The minimum Gasteiger partial charge on any atom is -0.509 e. The van der Waals surface area contributed by atoms with Gasteiger partial charge in [0.25, 0.3) is 11.8 Å². The van der Waals surface area contributed by atoms with Crippen LogP contribution in [0.25, 0.3) is 11.1 Å². The van der Waals surface area contributed by atoms with Gasteiger partial charge in [-0.2, -0.15) is 0 Å². The first kappa shape index (κ1) is 43.8. The van der Waals surface area contributed by atoms with E-state index in [0.29, 0.717) is 28.7 Å². The Hall–Kier alpha value is -3.91. The Morgan fingerprint density at radius 1 is 0.727 bits per heavy atom. The van der Waals surface area contributed by atoms with Crippen molar-refractivity contribution in [2.24, 2.45) is 10.8 Å². The SMILES string of the molecule is CC(C)(C)C(=O)Cl.CCc1cc(C2CC2)cc(C)c1C1=C(O)C(C)(C)NC1=O.CCc1cc(C2CC2)cc(C)c1C1=C(OC(=O)C(C)(C)C)C(C)(C)NC1=O. The van der Waals surface area contributed by atoms with Gasteiger partial charge in [-0.05, 0) is 169 Å². The first-order valence-electron chi connectivity index (χ1n) is 19.8. The third kappa shape index (κ3) is 9.91. The summed E-state index contributed by atoms with van der Waals surface area (Å²) in [6, 6.07) is 8.83. The zero-order chi connectivity index (χ0) is 41.6. The van der Waals surface area contributed by atoms with Gasteiger partial charge in [-0.15, -0.1) is 0 Å².